The van der Waals surface area contributed by atoms with Gasteiger partial charge in [0.15, 0.2) is 18.2 Å². The van der Waals surface area contributed by atoms with Gasteiger partial charge < -0.3 is 29.4 Å². The first-order valence-corrected chi connectivity index (χ1v) is 19.2. The largest absolute Gasteiger partial charge is 0.488 e. The number of hydrogen-bond acceptors (Lipinski definition) is 9. The molecule has 2 heterocycles. The first-order chi connectivity index (χ1) is 27.2. The van der Waals surface area contributed by atoms with Crippen molar-refractivity contribution in [1.82, 2.24) is 14.6 Å². The minimum atomic E-state index is -1.07. The second kappa shape index (κ2) is 17.2. The number of fused-ring (bicyclic) bond motifs is 1. The van der Waals surface area contributed by atoms with Gasteiger partial charge in [0.2, 0.25) is 5.88 Å². The highest BCUT2D eigenvalue weighted by atomic mass is 16.6. The molecule has 1 fully saturated rings. The number of benzene rings is 3. The molecule has 0 spiro atoms. The number of aromatic nitrogens is 3. The van der Waals surface area contributed by atoms with E-state index in [-0.39, 0.29) is 77.7 Å². The Kier molecular flexibility index (Phi) is 12.2. The van der Waals surface area contributed by atoms with E-state index in [1.54, 1.807) is 12.1 Å². The summed E-state index contributed by atoms with van der Waals surface area (Å²) in [5.41, 5.74) is 3.94. The van der Waals surface area contributed by atoms with Crippen molar-refractivity contribution >= 4 is 34.9 Å². The molecule has 1 aliphatic carbocycles. The van der Waals surface area contributed by atoms with Crippen molar-refractivity contribution in [3.05, 3.63) is 99.9 Å². The number of rotatable bonds is 14. The van der Waals surface area contributed by atoms with E-state index in [4.69, 9.17) is 30.5 Å². The fourth-order valence-electron chi connectivity index (χ4n) is 7.58. The molecule has 2 unspecified atom stereocenters. The number of nitrogens with zero attached hydrogens (tertiary/aromatic N) is 3. The maximum absolute atomic E-state index is 14.0. The normalized spacial score (nSPS) is 17.9. The lowest BCUT2D eigenvalue weighted by Crippen LogP contribution is -2.37. The van der Waals surface area contributed by atoms with Crippen molar-refractivity contribution in [2.75, 3.05) is 12.0 Å². The van der Waals surface area contributed by atoms with E-state index in [0.717, 1.165) is 35.2 Å². The number of aromatic carboxylic acids is 1. The van der Waals surface area contributed by atoms with Crippen LogP contribution in [-0.4, -0.2) is 50.4 Å². The molecule has 5 aromatic rings. The zero-order valence-electron chi connectivity index (χ0n) is 33.3. The average molecular weight is 776 g/mol. The molecule has 6 rings (SSSR count). The quantitative estimate of drug-likeness (QED) is 0.0564. The number of carbonyl (C=O) groups is 3. The predicted octanol–water partition coefficient (Wildman–Crippen LogP) is 9.40. The number of anilines is 1. The topological polar surface area (TPSA) is 158 Å². The molecule has 1 aliphatic rings. The first kappa shape index (κ1) is 40.4. The summed E-state index contributed by atoms with van der Waals surface area (Å²) in [7, 11) is 0. The van der Waals surface area contributed by atoms with Gasteiger partial charge in [-0.2, -0.15) is 0 Å². The highest BCUT2D eigenvalue weighted by molar-refractivity contribution is 6.05. The van der Waals surface area contributed by atoms with Crippen molar-refractivity contribution in [2.45, 2.75) is 80.4 Å². The second-order valence-corrected chi connectivity index (χ2v) is 15.5. The Morgan fingerprint density at radius 3 is 2.44 bits per heavy atom. The van der Waals surface area contributed by atoms with Gasteiger partial charge in [-0.1, -0.05) is 71.0 Å². The van der Waals surface area contributed by atoms with Gasteiger partial charge in [0.25, 0.3) is 5.69 Å². The number of aryl methyl sites for hydroxylation is 2. The van der Waals surface area contributed by atoms with Crippen LogP contribution < -0.4 is 19.5 Å². The monoisotopic (exact) mass is 775 g/mol. The summed E-state index contributed by atoms with van der Waals surface area (Å²) in [5, 5.41) is 16.1. The van der Waals surface area contributed by atoms with E-state index in [1.165, 1.54) is 10.6 Å². The van der Waals surface area contributed by atoms with E-state index in [1.807, 2.05) is 70.2 Å². The molecule has 0 radical (unpaired) electrons. The molecular formula is C44H49N5O8. The van der Waals surface area contributed by atoms with Gasteiger partial charge in [0.1, 0.15) is 35.3 Å². The van der Waals surface area contributed by atoms with E-state index >= 15 is 0 Å². The Balaban J connectivity index is 1.25. The van der Waals surface area contributed by atoms with Crippen molar-refractivity contribution in [3.63, 3.8) is 0 Å². The lowest BCUT2D eigenvalue weighted by Gasteiger charge is -2.37. The first-order valence-electron chi connectivity index (χ1n) is 19.2. The number of para-hydroxylation sites is 1. The summed E-state index contributed by atoms with van der Waals surface area (Å²) in [6.45, 7) is 22.2. The van der Waals surface area contributed by atoms with Crippen LogP contribution in [0.2, 0.25) is 0 Å². The SMILES string of the molecule is [C-]#[N+]c1c(C(=O)OC2C(C)CC(C)CC2C)c2nc(-c3ccc(C)c(NCOc4ccccc4COc4cc(C)ccc4C(=O)O)c3)[nH]n2c1OC(=O)CC(C)C. The summed E-state index contributed by atoms with van der Waals surface area (Å²) in [6.07, 6.45) is 1.63. The molecule has 298 valence electrons. The molecular weight excluding hydrogens is 727 g/mol. The van der Waals surface area contributed by atoms with E-state index in [9.17, 15) is 19.5 Å². The van der Waals surface area contributed by atoms with Crippen LogP contribution in [0.5, 0.6) is 17.4 Å². The maximum atomic E-state index is 14.0. The molecule has 13 nitrogen and oxygen atoms in total. The number of aromatic amines is 1. The van der Waals surface area contributed by atoms with Crippen LogP contribution >= 0.6 is 0 Å². The minimum absolute atomic E-state index is 0.0118. The number of carbonyl (C=O) groups excluding carboxylic acids is 2. The lowest BCUT2D eigenvalue weighted by atomic mass is 9.75. The summed E-state index contributed by atoms with van der Waals surface area (Å²) >= 11 is 0. The highest BCUT2D eigenvalue weighted by Crippen LogP contribution is 2.41. The van der Waals surface area contributed by atoms with Gasteiger partial charge in [0, 0.05) is 23.2 Å². The van der Waals surface area contributed by atoms with E-state index in [2.05, 4.69) is 36.0 Å². The summed E-state index contributed by atoms with van der Waals surface area (Å²) in [6, 6.07) is 18.0. The average Bonchev–Trinajstić information content (AvgIpc) is 3.70. The number of hydrogen-bond donors (Lipinski definition) is 3. The zero-order chi connectivity index (χ0) is 41.0. The summed E-state index contributed by atoms with van der Waals surface area (Å²) < 4.78 is 25.3. The molecule has 2 aromatic heterocycles. The molecule has 3 N–H and O–H groups in total. The summed E-state index contributed by atoms with van der Waals surface area (Å²) in [5.74, 6) is -0.406. The molecule has 0 saturated heterocycles. The third-order valence-electron chi connectivity index (χ3n) is 10.3. The molecule has 0 bridgehead atoms. The molecule has 0 amide bonds. The Bertz CT molecular complexity index is 2320. The Morgan fingerprint density at radius 1 is 1.00 bits per heavy atom. The van der Waals surface area contributed by atoms with Gasteiger partial charge in [-0.25, -0.2) is 23.9 Å². The molecule has 3 aromatic carbocycles. The second-order valence-electron chi connectivity index (χ2n) is 15.5. The van der Waals surface area contributed by atoms with Crippen LogP contribution in [-0.2, 0) is 16.1 Å². The van der Waals surface area contributed by atoms with Crippen molar-refractivity contribution in [2.24, 2.45) is 23.7 Å². The lowest BCUT2D eigenvalue weighted by molar-refractivity contribution is -0.135. The molecule has 1 saturated carbocycles. The van der Waals surface area contributed by atoms with Crippen molar-refractivity contribution in [3.8, 4) is 28.8 Å². The van der Waals surface area contributed by atoms with Crippen LogP contribution in [0.1, 0.15) is 91.3 Å². The standard InChI is InChI=1S/C44H49N5O8/c1-24(2)17-36(50)56-42-38(45-8)37(44(53)57-39-28(6)18-26(4)19-29(39)7)41-47-40(48-49(41)42)30-15-14-27(5)33(21-30)46-23-55-34-12-10-9-11-31(34)22-54-35-20-25(3)13-16-32(35)43(51)52/h9-16,20-21,24,26,28-29,39,46H,17-19,22-23H2,1-7H3,(H,47,48)(H,51,52). The van der Waals surface area contributed by atoms with Gasteiger partial charge in [-0.15, -0.1) is 0 Å². The van der Waals surface area contributed by atoms with Gasteiger partial charge in [-0.05, 0) is 85.8 Å². The molecule has 57 heavy (non-hydrogen) atoms. The van der Waals surface area contributed by atoms with E-state index in [0.29, 0.717) is 23.1 Å². The van der Waals surface area contributed by atoms with Crippen LogP contribution in [0.4, 0.5) is 11.4 Å². The molecule has 0 aliphatic heterocycles. The number of ether oxygens (including phenoxy) is 4. The van der Waals surface area contributed by atoms with E-state index < -0.39 is 17.9 Å². The number of H-pyrrole nitrogens is 1. The zero-order valence-corrected chi connectivity index (χ0v) is 33.3. The number of nitrogens with one attached hydrogen (secondary N) is 2. The number of carboxylic acid groups (broad SMARTS) is 1. The fourth-order valence-corrected chi connectivity index (χ4v) is 7.58. The third kappa shape index (κ3) is 9.07. The number of esters is 2. The minimum Gasteiger partial charge on any atom is -0.488 e. The molecule has 13 heteroatoms. The van der Waals surface area contributed by atoms with Crippen LogP contribution in [0.15, 0.2) is 60.7 Å². The van der Waals surface area contributed by atoms with Crippen LogP contribution in [0.25, 0.3) is 21.9 Å². The van der Waals surface area contributed by atoms with Gasteiger partial charge in [-0.3, -0.25) is 9.89 Å². The smallest absolute Gasteiger partial charge is 0.339 e. The van der Waals surface area contributed by atoms with Crippen LogP contribution in [0.3, 0.4) is 0 Å². The number of carboxylic acids is 1. The fraction of sp³-hybridized carbons (Fsp3) is 0.386. The highest BCUT2D eigenvalue weighted by Gasteiger charge is 2.37. The van der Waals surface area contributed by atoms with Gasteiger partial charge >= 0.3 is 17.9 Å². The Hall–Kier alpha value is -6.29. The third-order valence-corrected chi connectivity index (χ3v) is 10.3. The van der Waals surface area contributed by atoms with Crippen molar-refractivity contribution < 1.29 is 38.4 Å². The predicted molar refractivity (Wildman–Crippen MR) is 215 cm³/mol. The Labute approximate surface area is 332 Å². The Morgan fingerprint density at radius 2 is 1.74 bits per heavy atom. The maximum Gasteiger partial charge on any atom is 0.339 e. The van der Waals surface area contributed by atoms with Gasteiger partial charge in [0.05, 0.1) is 6.57 Å². The summed E-state index contributed by atoms with van der Waals surface area (Å²) in [4.78, 5) is 47.1. The molecule has 2 atom stereocenters. The van der Waals surface area contributed by atoms with Crippen LogP contribution in [0, 0.1) is 44.1 Å². The van der Waals surface area contributed by atoms with Crippen molar-refractivity contribution in [1.29, 1.82) is 0 Å².